The van der Waals surface area contributed by atoms with Crippen molar-refractivity contribution in [2.45, 2.75) is 46.6 Å². The zero-order valence-electron chi connectivity index (χ0n) is 12.4. The lowest BCUT2D eigenvalue weighted by atomic mass is 10.1. The fraction of sp³-hybridized carbons (Fsp3) is 0.438. The van der Waals surface area contributed by atoms with Crippen LogP contribution in [0.1, 0.15) is 51.0 Å². The van der Waals surface area contributed by atoms with Gasteiger partial charge < -0.3 is 10.3 Å². The Kier molecular flexibility index (Phi) is 3.65. The van der Waals surface area contributed by atoms with Crippen LogP contribution in [-0.4, -0.2) is 9.55 Å². The Morgan fingerprint density at radius 2 is 1.74 bits per heavy atom. The number of nitrogens with two attached hydrogens (primary N) is 1. The van der Waals surface area contributed by atoms with Crippen molar-refractivity contribution >= 4 is 5.82 Å². The van der Waals surface area contributed by atoms with E-state index in [1.54, 1.807) is 0 Å². The lowest BCUT2D eigenvalue weighted by Crippen LogP contribution is -2.10. The van der Waals surface area contributed by atoms with Gasteiger partial charge in [-0.3, -0.25) is 0 Å². The Morgan fingerprint density at radius 1 is 1.11 bits per heavy atom. The van der Waals surface area contributed by atoms with Crippen LogP contribution in [0.3, 0.4) is 0 Å². The largest absolute Gasteiger partial charge is 0.383 e. The minimum Gasteiger partial charge on any atom is -0.383 e. The van der Waals surface area contributed by atoms with Crippen molar-refractivity contribution in [3.05, 3.63) is 35.7 Å². The third kappa shape index (κ3) is 2.37. The van der Waals surface area contributed by atoms with Gasteiger partial charge in [0.15, 0.2) is 0 Å². The molecule has 0 unspecified atom stereocenters. The molecule has 1 aromatic carbocycles. The van der Waals surface area contributed by atoms with Gasteiger partial charge in [0.2, 0.25) is 0 Å². The molecule has 0 fully saturated rings. The first-order chi connectivity index (χ1) is 8.93. The first-order valence-electron chi connectivity index (χ1n) is 6.87. The van der Waals surface area contributed by atoms with Gasteiger partial charge in [-0.25, -0.2) is 4.98 Å². The van der Waals surface area contributed by atoms with Crippen LogP contribution in [0.15, 0.2) is 24.3 Å². The van der Waals surface area contributed by atoms with E-state index in [2.05, 4.69) is 51.3 Å². The molecule has 0 radical (unpaired) electrons. The first-order valence-corrected chi connectivity index (χ1v) is 6.87. The molecule has 0 saturated carbocycles. The van der Waals surface area contributed by atoms with Crippen LogP contribution in [0.25, 0.3) is 11.3 Å². The number of benzene rings is 1. The molecule has 0 atom stereocenters. The van der Waals surface area contributed by atoms with E-state index in [9.17, 15) is 0 Å². The molecular formula is C16H23N3. The minimum atomic E-state index is 0.322. The van der Waals surface area contributed by atoms with Crippen LogP contribution < -0.4 is 5.73 Å². The molecule has 3 nitrogen and oxygen atoms in total. The van der Waals surface area contributed by atoms with Crippen LogP contribution in [0.4, 0.5) is 5.82 Å². The van der Waals surface area contributed by atoms with E-state index >= 15 is 0 Å². The Bertz CT molecular complexity index is 580. The van der Waals surface area contributed by atoms with Gasteiger partial charge in [0, 0.05) is 17.5 Å². The molecule has 1 aromatic heterocycles. The number of aromatic nitrogens is 2. The summed E-state index contributed by atoms with van der Waals surface area (Å²) in [6, 6.07) is 8.58. The van der Waals surface area contributed by atoms with Crippen LogP contribution >= 0.6 is 0 Å². The third-order valence-electron chi connectivity index (χ3n) is 3.41. The van der Waals surface area contributed by atoms with Crippen LogP contribution in [0.5, 0.6) is 0 Å². The predicted octanol–water partition coefficient (Wildman–Crippen LogP) is 4.15. The zero-order valence-corrected chi connectivity index (χ0v) is 12.4. The second kappa shape index (κ2) is 5.08. The zero-order chi connectivity index (χ0) is 14.2. The highest BCUT2D eigenvalue weighted by Gasteiger charge is 2.20. The van der Waals surface area contributed by atoms with Gasteiger partial charge in [-0.15, -0.1) is 0 Å². The van der Waals surface area contributed by atoms with E-state index in [0.29, 0.717) is 12.0 Å². The van der Waals surface area contributed by atoms with Gasteiger partial charge in [-0.05, 0) is 26.3 Å². The van der Waals surface area contributed by atoms with Crippen molar-refractivity contribution in [1.82, 2.24) is 9.55 Å². The molecule has 102 valence electrons. The quantitative estimate of drug-likeness (QED) is 0.897. The van der Waals surface area contributed by atoms with Gasteiger partial charge in [0.05, 0.1) is 0 Å². The monoisotopic (exact) mass is 257 g/mol. The van der Waals surface area contributed by atoms with Gasteiger partial charge >= 0.3 is 0 Å². The second-order valence-corrected chi connectivity index (χ2v) is 5.64. The van der Waals surface area contributed by atoms with E-state index in [1.165, 1.54) is 5.56 Å². The number of aryl methyl sites for hydroxylation is 1. The van der Waals surface area contributed by atoms with Crippen molar-refractivity contribution in [2.75, 3.05) is 5.73 Å². The Hall–Kier alpha value is -1.77. The third-order valence-corrected chi connectivity index (χ3v) is 3.41. The van der Waals surface area contributed by atoms with Gasteiger partial charge in [-0.2, -0.15) is 0 Å². The summed E-state index contributed by atoms with van der Waals surface area (Å²) < 4.78 is 2.15. The normalized spacial score (nSPS) is 11.5. The van der Waals surface area contributed by atoms with Crippen LogP contribution in [-0.2, 0) is 0 Å². The van der Waals surface area contributed by atoms with Crippen molar-refractivity contribution in [3.63, 3.8) is 0 Å². The lowest BCUT2D eigenvalue weighted by molar-refractivity contribution is 0.556. The van der Waals surface area contributed by atoms with E-state index in [0.717, 1.165) is 22.9 Å². The number of imidazole rings is 1. The second-order valence-electron chi connectivity index (χ2n) is 5.64. The molecule has 0 amide bonds. The molecule has 2 aromatic rings. The van der Waals surface area contributed by atoms with Gasteiger partial charge in [-0.1, -0.05) is 38.1 Å². The van der Waals surface area contributed by atoms with E-state index in [4.69, 9.17) is 10.7 Å². The number of hydrogen-bond acceptors (Lipinski definition) is 2. The maximum atomic E-state index is 6.34. The Balaban J connectivity index is 2.67. The molecule has 0 bridgehead atoms. The summed E-state index contributed by atoms with van der Waals surface area (Å²) in [6.45, 7) is 10.7. The molecule has 0 aliphatic carbocycles. The van der Waals surface area contributed by atoms with E-state index < -0.39 is 0 Å². The van der Waals surface area contributed by atoms with Crippen molar-refractivity contribution in [2.24, 2.45) is 0 Å². The van der Waals surface area contributed by atoms with Gasteiger partial charge in [0.25, 0.3) is 0 Å². The number of anilines is 1. The molecule has 19 heavy (non-hydrogen) atoms. The average Bonchev–Trinajstić information content (AvgIpc) is 2.68. The van der Waals surface area contributed by atoms with E-state index in [-0.39, 0.29) is 0 Å². The summed E-state index contributed by atoms with van der Waals surface area (Å²) in [4.78, 5) is 4.80. The fourth-order valence-electron chi connectivity index (χ4n) is 2.45. The maximum absolute atomic E-state index is 6.34. The van der Waals surface area contributed by atoms with Crippen molar-refractivity contribution in [1.29, 1.82) is 0 Å². The molecule has 0 spiro atoms. The predicted molar refractivity (Wildman–Crippen MR) is 81.3 cm³/mol. The summed E-state index contributed by atoms with van der Waals surface area (Å²) in [5, 5.41) is 0. The number of hydrogen-bond donors (Lipinski definition) is 1. The first kappa shape index (κ1) is 13.7. The highest BCUT2D eigenvalue weighted by Crippen LogP contribution is 2.33. The summed E-state index contributed by atoms with van der Waals surface area (Å²) in [5.41, 5.74) is 9.59. The molecule has 2 rings (SSSR count). The summed E-state index contributed by atoms with van der Waals surface area (Å²) in [7, 11) is 0. The summed E-state index contributed by atoms with van der Waals surface area (Å²) in [6.07, 6.45) is 0. The topological polar surface area (TPSA) is 43.8 Å². The highest BCUT2D eigenvalue weighted by atomic mass is 15.2. The number of nitrogens with zero attached hydrogens (tertiary/aromatic N) is 2. The van der Waals surface area contributed by atoms with Crippen LogP contribution in [0, 0.1) is 6.92 Å². The molecule has 2 N–H and O–H groups in total. The molecule has 3 heteroatoms. The SMILES string of the molecule is Cc1ccccc1-c1nc(C(C)C)n(C(C)C)c1N. The Labute approximate surface area is 115 Å². The molecule has 0 saturated heterocycles. The average molecular weight is 257 g/mol. The van der Waals surface area contributed by atoms with Gasteiger partial charge in [0.1, 0.15) is 17.3 Å². The standard InChI is InChI=1S/C16H23N3/c1-10(2)16-18-14(15(17)19(16)11(3)4)13-9-7-6-8-12(13)5/h6-11H,17H2,1-5H3. The molecule has 0 aliphatic heterocycles. The molecule has 0 aliphatic rings. The number of nitrogen functional groups attached to an aromatic ring is 1. The maximum Gasteiger partial charge on any atom is 0.131 e. The number of rotatable bonds is 3. The molecular weight excluding hydrogens is 234 g/mol. The smallest absolute Gasteiger partial charge is 0.131 e. The summed E-state index contributed by atoms with van der Waals surface area (Å²) in [5.74, 6) is 2.20. The van der Waals surface area contributed by atoms with Crippen molar-refractivity contribution < 1.29 is 0 Å². The summed E-state index contributed by atoms with van der Waals surface area (Å²) >= 11 is 0. The lowest BCUT2D eigenvalue weighted by Gasteiger charge is -2.15. The van der Waals surface area contributed by atoms with E-state index in [1.807, 2.05) is 12.1 Å². The molecule has 1 heterocycles. The van der Waals surface area contributed by atoms with Crippen LogP contribution in [0.2, 0.25) is 0 Å². The fourth-order valence-corrected chi connectivity index (χ4v) is 2.45. The minimum absolute atomic E-state index is 0.322. The Morgan fingerprint density at radius 3 is 2.21 bits per heavy atom. The van der Waals surface area contributed by atoms with Crippen molar-refractivity contribution in [3.8, 4) is 11.3 Å². The highest BCUT2D eigenvalue weighted by molar-refractivity contribution is 5.73.